The van der Waals surface area contributed by atoms with E-state index in [-0.39, 0.29) is 12.5 Å². The Bertz CT molecular complexity index is 321. The van der Waals surface area contributed by atoms with Gasteiger partial charge in [0.15, 0.2) is 0 Å². The van der Waals surface area contributed by atoms with E-state index >= 15 is 0 Å². The summed E-state index contributed by atoms with van der Waals surface area (Å²) in [6, 6.07) is -0.826. The number of nitrogens with one attached hydrogen (secondary N) is 1. The van der Waals surface area contributed by atoms with E-state index in [2.05, 4.69) is 0 Å². The molecule has 1 heterocycles. The number of imide groups is 2. The third kappa shape index (κ3) is 1.78. The van der Waals surface area contributed by atoms with Crippen molar-refractivity contribution in [2.24, 2.45) is 5.92 Å². The first kappa shape index (κ1) is 10.4. The number of amides is 4. The number of nitrogens with zero attached hydrogens (tertiary/aromatic N) is 1. The normalized spacial score (nSPS) is 17.8. The molecule has 1 fully saturated rings. The number of hydrogen-bond donors (Lipinski definition) is 1. The zero-order valence-corrected chi connectivity index (χ0v) is 7.86. The summed E-state index contributed by atoms with van der Waals surface area (Å²) in [5.74, 6) is -3.34. The van der Waals surface area contributed by atoms with Crippen LogP contribution in [0.25, 0.3) is 0 Å². The smallest absolute Gasteiger partial charge is 0.277 e. The zero-order valence-electron chi connectivity index (χ0n) is 7.86. The molecule has 1 N–H and O–H groups in total. The van der Waals surface area contributed by atoms with Gasteiger partial charge in [0.1, 0.15) is 0 Å². The van der Waals surface area contributed by atoms with Gasteiger partial charge in [0.05, 0.1) is 0 Å². The number of carbonyl (C=O) groups excluding carboxylic acids is 4. The van der Waals surface area contributed by atoms with Crippen molar-refractivity contribution in [2.75, 3.05) is 6.54 Å². The molecule has 1 saturated heterocycles. The number of rotatable bonds is 2. The predicted octanol–water partition coefficient (Wildman–Crippen LogP) is -0.710. The Balaban J connectivity index is 2.85. The van der Waals surface area contributed by atoms with Gasteiger partial charge in [-0.15, -0.1) is 0 Å². The largest absolute Gasteiger partial charge is 0.331 e. The predicted molar refractivity (Wildman–Crippen MR) is 45.1 cm³/mol. The van der Waals surface area contributed by atoms with Crippen molar-refractivity contribution in [3.05, 3.63) is 0 Å². The molecule has 0 aromatic rings. The lowest BCUT2D eigenvalue weighted by Gasteiger charge is -2.24. The number of barbiturate groups is 1. The lowest BCUT2D eigenvalue weighted by molar-refractivity contribution is -0.150. The Labute approximate surface area is 80.2 Å². The van der Waals surface area contributed by atoms with Crippen molar-refractivity contribution in [3.63, 3.8) is 0 Å². The minimum Gasteiger partial charge on any atom is -0.277 e. The zero-order chi connectivity index (χ0) is 10.9. The summed E-state index contributed by atoms with van der Waals surface area (Å²) in [6.45, 7) is 3.71. The molecule has 14 heavy (non-hydrogen) atoms. The number of hydrogen-bond acceptors (Lipinski definition) is 4. The van der Waals surface area contributed by atoms with Gasteiger partial charge in [0.2, 0.25) is 0 Å². The second-order valence-corrected chi connectivity index (χ2v) is 3.40. The monoisotopic (exact) mass is 198 g/mol. The fraction of sp³-hybridized carbons (Fsp3) is 0.500. The first-order valence-corrected chi connectivity index (χ1v) is 4.14. The first-order valence-electron chi connectivity index (χ1n) is 4.14. The summed E-state index contributed by atoms with van der Waals surface area (Å²) in [6.07, 6.45) is 0. The van der Waals surface area contributed by atoms with Crippen molar-refractivity contribution in [3.8, 4) is 0 Å². The van der Waals surface area contributed by atoms with Crippen LogP contribution in [0.2, 0.25) is 0 Å². The van der Waals surface area contributed by atoms with Crippen LogP contribution in [-0.2, 0) is 14.4 Å². The topological polar surface area (TPSA) is 83.6 Å². The second-order valence-electron chi connectivity index (χ2n) is 3.40. The van der Waals surface area contributed by atoms with Gasteiger partial charge >= 0.3 is 23.6 Å². The standard InChI is InChI=1S/C8H10N2O4/c1-4(2)3-10-7(13)5(11)6(12)9-8(10)14/h4H,3H2,1-2H3,(H,9,12,14). The quantitative estimate of drug-likeness (QED) is 0.594. The fourth-order valence-corrected chi connectivity index (χ4v) is 1.06. The SMILES string of the molecule is CC(C)CN1C(=O)NC(=O)C(=O)C1=O. The van der Waals surface area contributed by atoms with E-state index in [9.17, 15) is 19.2 Å². The van der Waals surface area contributed by atoms with E-state index in [0.717, 1.165) is 4.90 Å². The summed E-state index contributed by atoms with van der Waals surface area (Å²) in [5, 5.41) is 1.79. The average molecular weight is 198 g/mol. The average Bonchev–Trinajstić information content (AvgIpc) is 2.09. The van der Waals surface area contributed by atoms with Crippen LogP contribution in [0, 0.1) is 5.92 Å². The maximum Gasteiger partial charge on any atom is 0.331 e. The number of ketones is 1. The van der Waals surface area contributed by atoms with Crippen LogP contribution in [0.4, 0.5) is 4.79 Å². The van der Waals surface area contributed by atoms with E-state index in [0.29, 0.717) is 0 Å². The molecule has 0 aliphatic carbocycles. The van der Waals surface area contributed by atoms with Gasteiger partial charge in [-0.2, -0.15) is 0 Å². The molecular weight excluding hydrogens is 188 g/mol. The fourth-order valence-electron chi connectivity index (χ4n) is 1.06. The summed E-state index contributed by atoms with van der Waals surface area (Å²) >= 11 is 0. The Morgan fingerprint density at radius 2 is 1.79 bits per heavy atom. The third-order valence-corrected chi connectivity index (χ3v) is 1.66. The van der Waals surface area contributed by atoms with E-state index in [1.165, 1.54) is 0 Å². The summed E-state index contributed by atoms with van der Waals surface area (Å²) in [4.78, 5) is 44.7. The highest BCUT2D eigenvalue weighted by atomic mass is 16.2. The molecular formula is C8H10N2O4. The van der Waals surface area contributed by atoms with Crippen LogP contribution < -0.4 is 5.32 Å². The summed E-state index contributed by atoms with van der Waals surface area (Å²) < 4.78 is 0. The van der Waals surface area contributed by atoms with Gasteiger partial charge in [0, 0.05) is 6.54 Å². The Kier molecular flexibility index (Phi) is 2.64. The van der Waals surface area contributed by atoms with Crippen molar-refractivity contribution in [1.29, 1.82) is 0 Å². The van der Waals surface area contributed by atoms with Crippen LogP contribution in [0.15, 0.2) is 0 Å². The van der Waals surface area contributed by atoms with Crippen molar-refractivity contribution in [1.82, 2.24) is 10.2 Å². The van der Waals surface area contributed by atoms with Crippen LogP contribution in [0.1, 0.15) is 13.8 Å². The van der Waals surface area contributed by atoms with Gasteiger partial charge in [-0.3, -0.25) is 24.6 Å². The van der Waals surface area contributed by atoms with E-state index in [4.69, 9.17) is 0 Å². The lowest BCUT2D eigenvalue weighted by Crippen LogP contribution is -2.59. The molecule has 1 rings (SSSR count). The Morgan fingerprint density at radius 1 is 1.21 bits per heavy atom. The molecule has 4 amide bonds. The molecule has 1 aliphatic heterocycles. The maximum absolute atomic E-state index is 11.2. The maximum atomic E-state index is 11.2. The minimum atomic E-state index is -1.19. The molecule has 76 valence electrons. The highest BCUT2D eigenvalue weighted by Crippen LogP contribution is 2.04. The lowest BCUT2D eigenvalue weighted by atomic mass is 10.2. The molecule has 0 aromatic heterocycles. The summed E-state index contributed by atoms with van der Waals surface area (Å²) in [7, 11) is 0. The van der Waals surface area contributed by atoms with Gasteiger partial charge in [-0.25, -0.2) is 4.79 Å². The van der Waals surface area contributed by atoms with E-state index in [1.54, 1.807) is 19.2 Å². The van der Waals surface area contributed by atoms with Crippen molar-refractivity contribution >= 4 is 23.6 Å². The van der Waals surface area contributed by atoms with Gasteiger partial charge in [-0.05, 0) is 5.92 Å². The molecule has 0 radical (unpaired) electrons. The van der Waals surface area contributed by atoms with Gasteiger partial charge < -0.3 is 0 Å². The number of urea groups is 1. The molecule has 0 spiro atoms. The molecule has 1 aliphatic rings. The second kappa shape index (κ2) is 3.57. The Morgan fingerprint density at radius 3 is 2.29 bits per heavy atom. The van der Waals surface area contributed by atoms with Crippen LogP contribution >= 0.6 is 0 Å². The van der Waals surface area contributed by atoms with E-state index in [1.807, 2.05) is 0 Å². The van der Waals surface area contributed by atoms with Gasteiger partial charge in [0.25, 0.3) is 0 Å². The molecule has 6 nitrogen and oxygen atoms in total. The molecule has 0 bridgehead atoms. The number of Topliss-reactive ketones (excluding diaryl/α,β-unsaturated/α-hetero) is 1. The molecule has 0 aromatic carbocycles. The van der Waals surface area contributed by atoms with Crippen molar-refractivity contribution in [2.45, 2.75) is 13.8 Å². The summed E-state index contributed by atoms with van der Waals surface area (Å²) in [5.41, 5.74) is 0. The molecule has 0 saturated carbocycles. The molecule has 0 unspecified atom stereocenters. The number of carbonyl (C=O) groups is 4. The highest BCUT2D eigenvalue weighted by molar-refractivity contribution is 6.66. The minimum absolute atomic E-state index is 0.0469. The Hall–Kier alpha value is -1.72. The van der Waals surface area contributed by atoms with Crippen LogP contribution in [-0.4, -0.2) is 35.1 Å². The molecule has 6 heteroatoms. The van der Waals surface area contributed by atoms with Crippen LogP contribution in [0.3, 0.4) is 0 Å². The van der Waals surface area contributed by atoms with Gasteiger partial charge in [-0.1, -0.05) is 13.8 Å². The van der Waals surface area contributed by atoms with Crippen LogP contribution in [0.5, 0.6) is 0 Å². The van der Waals surface area contributed by atoms with E-state index < -0.39 is 23.6 Å². The molecule has 0 atom stereocenters. The highest BCUT2D eigenvalue weighted by Gasteiger charge is 2.38. The first-order chi connectivity index (χ1) is 6.43. The van der Waals surface area contributed by atoms with Crippen molar-refractivity contribution < 1.29 is 19.2 Å². The third-order valence-electron chi connectivity index (χ3n) is 1.66.